The van der Waals surface area contributed by atoms with Gasteiger partial charge < -0.3 is 14.7 Å². The third-order valence-electron chi connectivity index (χ3n) is 3.00. The van der Waals surface area contributed by atoms with Crippen LogP contribution in [0.5, 0.6) is 0 Å². The van der Waals surface area contributed by atoms with Crippen molar-refractivity contribution in [1.82, 2.24) is 9.97 Å². The van der Waals surface area contributed by atoms with Crippen LogP contribution in [0.15, 0.2) is 6.07 Å². The molecule has 1 aromatic heterocycles. The number of aliphatic hydroxyl groups excluding tert-OH is 1. The number of rotatable bonds is 4. The fraction of sp³-hybridized carbons (Fsp3) is 0.667. The molecule has 0 amide bonds. The van der Waals surface area contributed by atoms with Gasteiger partial charge in [-0.15, -0.1) is 0 Å². The van der Waals surface area contributed by atoms with Crippen molar-refractivity contribution in [3.8, 4) is 0 Å². The van der Waals surface area contributed by atoms with Crippen LogP contribution in [0.1, 0.15) is 18.7 Å². The van der Waals surface area contributed by atoms with Crippen LogP contribution in [0, 0.1) is 6.92 Å². The van der Waals surface area contributed by atoms with E-state index in [0.717, 1.165) is 31.7 Å². The van der Waals surface area contributed by atoms with E-state index in [2.05, 4.69) is 14.9 Å². The number of piperidine rings is 1. The van der Waals surface area contributed by atoms with Crippen molar-refractivity contribution < 1.29 is 9.84 Å². The average molecular weight is 272 g/mol. The molecule has 1 aliphatic rings. The lowest BCUT2D eigenvalue weighted by Gasteiger charge is -2.32. The molecule has 0 saturated carbocycles. The molecule has 6 heteroatoms. The molecule has 0 atom stereocenters. The zero-order chi connectivity index (χ0) is 13.0. The normalized spacial score (nSPS) is 17.2. The first-order chi connectivity index (χ1) is 8.69. The highest BCUT2D eigenvalue weighted by Crippen LogP contribution is 2.21. The maximum atomic E-state index is 8.72. The summed E-state index contributed by atoms with van der Waals surface area (Å²) in [6.45, 7) is 4.13. The highest BCUT2D eigenvalue weighted by molar-refractivity contribution is 6.29. The molecule has 0 radical (unpaired) electrons. The van der Waals surface area contributed by atoms with E-state index >= 15 is 0 Å². The maximum absolute atomic E-state index is 8.72. The van der Waals surface area contributed by atoms with Gasteiger partial charge in [0, 0.05) is 19.2 Å². The van der Waals surface area contributed by atoms with Crippen LogP contribution >= 0.6 is 11.6 Å². The Morgan fingerprint density at radius 3 is 2.78 bits per heavy atom. The van der Waals surface area contributed by atoms with E-state index in [4.69, 9.17) is 21.4 Å². The monoisotopic (exact) mass is 271 g/mol. The summed E-state index contributed by atoms with van der Waals surface area (Å²) < 4.78 is 5.53. The SMILES string of the molecule is Cc1nc(Cl)cc(N2CCC(OCCO)CC2)n1. The number of hydrogen-bond donors (Lipinski definition) is 1. The standard InChI is InChI=1S/C12H18ClN3O2/c1-9-14-11(13)8-12(15-9)16-4-2-10(3-5-16)18-7-6-17/h8,10,17H,2-7H2,1H3. The van der Waals surface area contributed by atoms with Gasteiger partial charge in [-0.3, -0.25) is 0 Å². The largest absolute Gasteiger partial charge is 0.394 e. The van der Waals surface area contributed by atoms with Crippen LogP contribution in [0.3, 0.4) is 0 Å². The molecule has 5 nitrogen and oxygen atoms in total. The van der Waals surface area contributed by atoms with E-state index in [1.807, 2.05) is 6.92 Å². The van der Waals surface area contributed by atoms with Crippen LogP contribution in [0.4, 0.5) is 5.82 Å². The van der Waals surface area contributed by atoms with E-state index in [1.54, 1.807) is 6.07 Å². The van der Waals surface area contributed by atoms with Crippen molar-refractivity contribution in [2.75, 3.05) is 31.2 Å². The molecule has 1 aromatic rings. The Bertz CT molecular complexity index is 375. The molecule has 0 spiro atoms. The predicted octanol–water partition coefficient (Wildman–Crippen LogP) is 1.42. The number of anilines is 1. The lowest BCUT2D eigenvalue weighted by Crippen LogP contribution is -2.38. The van der Waals surface area contributed by atoms with Crippen molar-refractivity contribution in [2.24, 2.45) is 0 Å². The Balaban J connectivity index is 1.92. The molecule has 1 N–H and O–H groups in total. The van der Waals surface area contributed by atoms with Crippen LogP contribution in [-0.2, 0) is 4.74 Å². The lowest BCUT2D eigenvalue weighted by molar-refractivity contribution is 0.0158. The van der Waals surface area contributed by atoms with E-state index in [0.29, 0.717) is 17.6 Å². The molecule has 1 saturated heterocycles. The van der Waals surface area contributed by atoms with Crippen LogP contribution in [-0.4, -0.2) is 47.5 Å². The molecule has 100 valence electrons. The Kier molecular flexibility index (Phi) is 4.74. The van der Waals surface area contributed by atoms with E-state index < -0.39 is 0 Å². The Hall–Kier alpha value is -0.910. The minimum atomic E-state index is 0.0843. The van der Waals surface area contributed by atoms with Crippen molar-refractivity contribution in [3.63, 3.8) is 0 Å². The lowest BCUT2D eigenvalue weighted by atomic mass is 10.1. The highest BCUT2D eigenvalue weighted by Gasteiger charge is 2.20. The minimum absolute atomic E-state index is 0.0843. The van der Waals surface area contributed by atoms with Gasteiger partial charge in [0.25, 0.3) is 0 Å². The Morgan fingerprint density at radius 1 is 1.44 bits per heavy atom. The van der Waals surface area contributed by atoms with E-state index in [1.165, 1.54) is 0 Å². The summed E-state index contributed by atoms with van der Waals surface area (Å²) in [5.41, 5.74) is 0. The van der Waals surface area contributed by atoms with Gasteiger partial charge in [-0.05, 0) is 19.8 Å². The fourth-order valence-electron chi connectivity index (χ4n) is 2.15. The summed E-state index contributed by atoms with van der Waals surface area (Å²) in [6, 6.07) is 1.80. The van der Waals surface area contributed by atoms with Gasteiger partial charge in [-0.2, -0.15) is 0 Å². The molecular formula is C12H18ClN3O2. The maximum Gasteiger partial charge on any atom is 0.134 e. The van der Waals surface area contributed by atoms with Crippen LogP contribution in [0.25, 0.3) is 0 Å². The zero-order valence-corrected chi connectivity index (χ0v) is 11.2. The van der Waals surface area contributed by atoms with Gasteiger partial charge in [0.2, 0.25) is 0 Å². The number of aromatic nitrogens is 2. The molecule has 18 heavy (non-hydrogen) atoms. The van der Waals surface area contributed by atoms with Crippen molar-refractivity contribution in [1.29, 1.82) is 0 Å². The molecule has 0 unspecified atom stereocenters. The summed E-state index contributed by atoms with van der Waals surface area (Å²) in [4.78, 5) is 10.6. The smallest absolute Gasteiger partial charge is 0.134 e. The van der Waals surface area contributed by atoms with Gasteiger partial charge in [0.05, 0.1) is 19.3 Å². The number of aryl methyl sites for hydroxylation is 1. The second-order valence-corrected chi connectivity index (χ2v) is 4.76. The second kappa shape index (κ2) is 6.31. The van der Waals surface area contributed by atoms with E-state index in [9.17, 15) is 0 Å². The first-order valence-corrected chi connectivity index (χ1v) is 6.55. The fourth-order valence-corrected chi connectivity index (χ4v) is 2.37. The molecule has 1 aliphatic heterocycles. The molecule has 0 aliphatic carbocycles. The number of nitrogens with zero attached hydrogens (tertiary/aromatic N) is 3. The summed E-state index contributed by atoms with van der Waals surface area (Å²) in [7, 11) is 0. The van der Waals surface area contributed by atoms with Gasteiger partial charge in [-0.1, -0.05) is 11.6 Å². The van der Waals surface area contributed by atoms with Gasteiger partial charge in [0.1, 0.15) is 16.8 Å². The predicted molar refractivity (Wildman–Crippen MR) is 70.1 cm³/mol. The van der Waals surface area contributed by atoms with Crippen molar-refractivity contribution in [3.05, 3.63) is 17.0 Å². The van der Waals surface area contributed by atoms with E-state index in [-0.39, 0.29) is 12.7 Å². The third kappa shape index (κ3) is 3.54. The van der Waals surface area contributed by atoms with Gasteiger partial charge >= 0.3 is 0 Å². The zero-order valence-electron chi connectivity index (χ0n) is 10.5. The first-order valence-electron chi connectivity index (χ1n) is 6.17. The van der Waals surface area contributed by atoms with Gasteiger partial charge in [0.15, 0.2) is 0 Å². The summed E-state index contributed by atoms with van der Waals surface area (Å²) in [5.74, 6) is 1.57. The summed E-state index contributed by atoms with van der Waals surface area (Å²) in [5, 5.41) is 9.20. The second-order valence-electron chi connectivity index (χ2n) is 4.38. The quantitative estimate of drug-likeness (QED) is 0.840. The third-order valence-corrected chi connectivity index (χ3v) is 3.20. The van der Waals surface area contributed by atoms with Crippen LogP contribution < -0.4 is 4.90 Å². The summed E-state index contributed by atoms with van der Waals surface area (Å²) >= 11 is 5.94. The van der Waals surface area contributed by atoms with Gasteiger partial charge in [-0.25, -0.2) is 9.97 Å². The van der Waals surface area contributed by atoms with Crippen molar-refractivity contribution in [2.45, 2.75) is 25.9 Å². The highest BCUT2D eigenvalue weighted by atomic mass is 35.5. The van der Waals surface area contributed by atoms with Crippen molar-refractivity contribution >= 4 is 17.4 Å². The van der Waals surface area contributed by atoms with Crippen LogP contribution in [0.2, 0.25) is 5.15 Å². The number of hydrogen-bond acceptors (Lipinski definition) is 5. The molecule has 2 heterocycles. The Labute approximate surface area is 112 Å². The molecule has 1 fully saturated rings. The molecule has 2 rings (SSSR count). The number of aliphatic hydroxyl groups is 1. The minimum Gasteiger partial charge on any atom is -0.394 e. The molecule has 0 bridgehead atoms. The molecule has 0 aromatic carbocycles. The Morgan fingerprint density at radius 2 is 2.17 bits per heavy atom. The number of halogens is 1. The summed E-state index contributed by atoms with van der Waals surface area (Å²) in [6.07, 6.45) is 2.13. The molecular weight excluding hydrogens is 254 g/mol. The number of ether oxygens (including phenoxy) is 1. The average Bonchev–Trinajstić information content (AvgIpc) is 2.36. The first kappa shape index (κ1) is 13.5. The topological polar surface area (TPSA) is 58.5 Å².